The van der Waals surface area contributed by atoms with Crippen molar-refractivity contribution in [1.29, 1.82) is 0 Å². The maximum atomic E-state index is 13.0. The van der Waals surface area contributed by atoms with E-state index >= 15 is 0 Å². The topological polar surface area (TPSA) is 42.6 Å². The third-order valence-electron chi connectivity index (χ3n) is 1.91. The highest BCUT2D eigenvalue weighted by molar-refractivity contribution is 5.80. The van der Waals surface area contributed by atoms with Crippen LogP contribution >= 0.6 is 0 Å². The zero-order chi connectivity index (χ0) is 9.97. The molecule has 0 aliphatic heterocycles. The average Bonchev–Trinajstić information content (AvgIpc) is 2.61. The van der Waals surface area contributed by atoms with Crippen molar-refractivity contribution in [3.8, 4) is 0 Å². The second-order valence-electron chi connectivity index (χ2n) is 2.81. The van der Waals surface area contributed by atoms with E-state index in [4.69, 9.17) is 4.42 Å². The lowest BCUT2D eigenvalue weighted by Gasteiger charge is -1.97. The second kappa shape index (κ2) is 3.44. The van der Waals surface area contributed by atoms with Crippen LogP contribution in [0.2, 0.25) is 0 Å². The summed E-state index contributed by atoms with van der Waals surface area (Å²) < 4.78 is 18.2. The van der Waals surface area contributed by atoms with Gasteiger partial charge in [-0.1, -0.05) is 0 Å². The zero-order valence-corrected chi connectivity index (χ0v) is 7.16. The van der Waals surface area contributed by atoms with Gasteiger partial charge in [0.05, 0.1) is 12.8 Å². The summed E-state index contributed by atoms with van der Waals surface area (Å²) in [5, 5.41) is 0.668. The Kier molecular flexibility index (Phi) is 2.13. The van der Waals surface area contributed by atoms with E-state index in [9.17, 15) is 9.18 Å². The average molecular weight is 191 g/mol. The number of fused-ring (bicyclic) bond motifs is 1. The molecular formula is C10H6FNO2. The lowest BCUT2D eigenvalue weighted by atomic mass is 10.1. The molecule has 1 aromatic heterocycles. The fourth-order valence-electron chi connectivity index (χ4n) is 1.35. The van der Waals surface area contributed by atoms with Gasteiger partial charge in [-0.15, -0.1) is 0 Å². The molecule has 0 radical (unpaired) electrons. The van der Waals surface area contributed by atoms with Gasteiger partial charge in [0.2, 0.25) is 6.08 Å². The standard InChI is InChI=1S/C10H6FNO2/c11-9-3-7-1-2-14-10(7)8(4-9)5-12-6-13/h1-4H,5H2. The van der Waals surface area contributed by atoms with Crippen LogP contribution in [-0.4, -0.2) is 6.08 Å². The van der Waals surface area contributed by atoms with Gasteiger partial charge in [-0.3, -0.25) is 0 Å². The first kappa shape index (κ1) is 8.66. The van der Waals surface area contributed by atoms with Crippen LogP contribution in [0.25, 0.3) is 11.0 Å². The Morgan fingerprint density at radius 3 is 3.14 bits per heavy atom. The van der Waals surface area contributed by atoms with E-state index in [0.29, 0.717) is 16.5 Å². The second-order valence-corrected chi connectivity index (χ2v) is 2.81. The molecule has 0 atom stereocenters. The largest absolute Gasteiger partial charge is 0.464 e. The number of furan rings is 1. The molecule has 0 bridgehead atoms. The molecule has 0 saturated carbocycles. The summed E-state index contributed by atoms with van der Waals surface area (Å²) in [6, 6.07) is 4.33. The van der Waals surface area contributed by atoms with Crippen LogP contribution in [0.1, 0.15) is 5.56 Å². The number of isocyanates is 1. The van der Waals surface area contributed by atoms with Crippen molar-refractivity contribution in [2.75, 3.05) is 0 Å². The Morgan fingerprint density at radius 2 is 2.36 bits per heavy atom. The summed E-state index contributed by atoms with van der Waals surface area (Å²) in [6.07, 6.45) is 2.87. The van der Waals surface area contributed by atoms with Crippen LogP contribution in [0.4, 0.5) is 4.39 Å². The summed E-state index contributed by atoms with van der Waals surface area (Å²) in [5.74, 6) is -0.366. The van der Waals surface area contributed by atoms with Crippen LogP contribution in [0.15, 0.2) is 33.9 Å². The van der Waals surface area contributed by atoms with Crippen LogP contribution in [0.3, 0.4) is 0 Å². The molecule has 0 spiro atoms. The van der Waals surface area contributed by atoms with Gasteiger partial charge in [0.1, 0.15) is 11.4 Å². The Hall–Kier alpha value is -1.93. The fourth-order valence-corrected chi connectivity index (χ4v) is 1.35. The predicted octanol–water partition coefficient (Wildman–Crippen LogP) is 2.41. The lowest BCUT2D eigenvalue weighted by molar-refractivity contribution is 0.562. The summed E-state index contributed by atoms with van der Waals surface area (Å²) in [4.78, 5) is 13.3. The third-order valence-corrected chi connectivity index (χ3v) is 1.91. The number of nitrogens with zero attached hydrogens (tertiary/aromatic N) is 1. The number of carbonyl (C=O) groups excluding carboxylic acids is 1. The molecular weight excluding hydrogens is 185 g/mol. The summed E-state index contributed by atoms with van der Waals surface area (Å²) >= 11 is 0. The molecule has 0 fully saturated rings. The molecule has 14 heavy (non-hydrogen) atoms. The molecule has 1 heterocycles. The summed E-state index contributed by atoms with van der Waals surface area (Å²) in [6.45, 7) is 0.0886. The molecule has 70 valence electrons. The molecule has 0 amide bonds. The van der Waals surface area contributed by atoms with Gasteiger partial charge in [0, 0.05) is 10.9 Å². The predicted molar refractivity (Wildman–Crippen MR) is 48.0 cm³/mol. The smallest absolute Gasteiger partial charge is 0.235 e. The number of benzene rings is 1. The maximum Gasteiger partial charge on any atom is 0.235 e. The van der Waals surface area contributed by atoms with E-state index in [-0.39, 0.29) is 12.4 Å². The third kappa shape index (κ3) is 1.43. The van der Waals surface area contributed by atoms with E-state index in [0.717, 1.165) is 0 Å². The number of hydrogen-bond donors (Lipinski definition) is 0. The lowest BCUT2D eigenvalue weighted by Crippen LogP contribution is -1.84. The van der Waals surface area contributed by atoms with Gasteiger partial charge < -0.3 is 4.42 Å². The van der Waals surface area contributed by atoms with Crippen molar-refractivity contribution in [3.05, 3.63) is 35.8 Å². The van der Waals surface area contributed by atoms with Crippen molar-refractivity contribution in [3.63, 3.8) is 0 Å². The van der Waals surface area contributed by atoms with Crippen LogP contribution in [0, 0.1) is 5.82 Å². The number of aliphatic imine (C=N–C) groups is 1. The minimum atomic E-state index is -0.366. The van der Waals surface area contributed by atoms with Crippen LogP contribution in [-0.2, 0) is 11.3 Å². The van der Waals surface area contributed by atoms with Crippen LogP contribution in [0.5, 0.6) is 0 Å². The van der Waals surface area contributed by atoms with Crippen molar-refractivity contribution in [1.82, 2.24) is 0 Å². The maximum absolute atomic E-state index is 13.0. The Labute approximate surface area is 78.9 Å². The highest BCUT2D eigenvalue weighted by Crippen LogP contribution is 2.22. The SMILES string of the molecule is O=C=NCc1cc(F)cc2ccoc12. The Morgan fingerprint density at radius 1 is 1.50 bits per heavy atom. The van der Waals surface area contributed by atoms with Crippen molar-refractivity contribution < 1.29 is 13.6 Å². The van der Waals surface area contributed by atoms with Crippen molar-refractivity contribution in [2.24, 2.45) is 4.99 Å². The highest BCUT2D eigenvalue weighted by atomic mass is 19.1. The molecule has 0 aliphatic rings. The van der Waals surface area contributed by atoms with Gasteiger partial charge in [-0.05, 0) is 18.2 Å². The van der Waals surface area contributed by atoms with E-state index in [2.05, 4.69) is 4.99 Å². The first-order valence-electron chi connectivity index (χ1n) is 4.00. The van der Waals surface area contributed by atoms with Crippen molar-refractivity contribution >= 4 is 17.0 Å². The summed E-state index contributed by atoms with van der Waals surface area (Å²) in [7, 11) is 0. The minimum absolute atomic E-state index is 0.0886. The molecule has 3 nitrogen and oxygen atoms in total. The van der Waals surface area contributed by atoms with Gasteiger partial charge in [0.15, 0.2) is 0 Å². The molecule has 0 N–H and O–H groups in total. The first-order chi connectivity index (χ1) is 6.81. The van der Waals surface area contributed by atoms with E-state index in [1.807, 2.05) is 0 Å². The Bertz CT molecular complexity index is 512. The molecule has 0 aliphatic carbocycles. The number of hydrogen-bond acceptors (Lipinski definition) is 3. The van der Waals surface area contributed by atoms with Crippen molar-refractivity contribution in [2.45, 2.75) is 6.54 Å². The van der Waals surface area contributed by atoms with E-state index in [1.165, 1.54) is 24.5 Å². The van der Waals surface area contributed by atoms with Gasteiger partial charge in [-0.25, -0.2) is 14.2 Å². The molecule has 2 rings (SSSR count). The number of rotatable bonds is 2. The first-order valence-corrected chi connectivity index (χ1v) is 4.00. The molecule has 4 heteroatoms. The quantitative estimate of drug-likeness (QED) is 0.540. The van der Waals surface area contributed by atoms with Gasteiger partial charge >= 0.3 is 0 Å². The van der Waals surface area contributed by atoms with E-state index in [1.54, 1.807) is 6.07 Å². The monoisotopic (exact) mass is 191 g/mol. The number of halogens is 1. The normalized spacial score (nSPS) is 10.1. The highest BCUT2D eigenvalue weighted by Gasteiger charge is 2.06. The fraction of sp³-hybridized carbons (Fsp3) is 0.100. The molecule has 1 aromatic carbocycles. The molecule has 0 saturated heterocycles. The zero-order valence-electron chi connectivity index (χ0n) is 7.16. The Balaban J connectivity index is 2.60. The van der Waals surface area contributed by atoms with Gasteiger partial charge in [0.25, 0.3) is 0 Å². The summed E-state index contributed by atoms with van der Waals surface area (Å²) in [5.41, 5.74) is 1.11. The molecule has 2 aromatic rings. The minimum Gasteiger partial charge on any atom is -0.464 e. The molecule has 0 unspecified atom stereocenters. The van der Waals surface area contributed by atoms with Gasteiger partial charge in [-0.2, -0.15) is 0 Å². The van der Waals surface area contributed by atoms with E-state index < -0.39 is 0 Å². The van der Waals surface area contributed by atoms with Crippen LogP contribution < -0.4 is 0 Å².